The number of ether oxygens (including phenoxy) is 2. The maximum Gasteiger partial charge on any atom is 0.249 e. The molecule has 1 heterocycles. The molecule has 0 aromatic heterocycles. The van der Waals surface area contributed by atoms with Crippen LogP contribution < -0.4 is 27.8 Å². The van der Waals surface area contributed by atoms with Gasteiger partial charge in [-0.15, -0.1) is 0 Å². The summed E-state index contributed by atoms with van der Waals surface area (Å²) in [6.45, 7) is 1.70. The van der Waals surface area contributed by atoms with Crippen LogP contribution in [-0.2, 0) is 14.3 Å². The summed E-state index contributed by atoms with van der Waals surface area (Å²) in [4.78, 5) is 12.0. The molecule has 11 heteroatoms. The number of carbonyl (C=O) groups excluding carboxylic acids is 1. The molecule has 11 nitrogen and oxygen atoms in total. The number of nitrogens with one attached hydrogen (secondary N) is 2. The number of hydrogen-bond acceptors (Lipinski definition) is 10. The summed E-state index contributed by atoms with van der Waals surface area (Å²) in [5.74, 6) is 0.0861. The first kappa shape index (κ1) is 25.7. The van der Waals surface area contributed by atoms with E-state index in [1.165, 1.54) is 0 Å². The lowest BCUT2D eigenvalue weighted by Crippen LogP contribution is -2.58. The Kier molecular flexibility index (Phi) is 9.65. The topological polar surface area (TPSA) is 198 Å². The molecule has 0 aromatic rings. The highest BCUT2D eigenvalue weighted by Gasteiger charge is 2.40. The molecular weight excluding hydrogens is 418 g/mol. The Balaban J connectivity index is 1.43. The van der Waals surface area contributed by atoms with E-state index in [2.05, 4.69) is 10.6 Å². The van der Waals surface area contributed by atoms with Crippen LogP contribution >= 0.6 is 0 Å². The van der Waals surface area contributed by atoms with Crippen molar-refractivity contribution in [2.75, 3.05) is 19.6 Å². The third-order valence-electron chi connectivity index (χ3n) is 6.70. The SMILES string of the molecule is NCCC(O)C(=O)NC1CC(N)[C@@H](O[C@@H]2CC(O)CC(CNCC3CC(N)C3)O2)C(O)C1. The first-order valence-electron chi connectivity index (χ1n) is 11.8. The lowest BCUT2D eigenvalue weighted by molar-refractivity contribution is -0.251. The van der Waals surface area contributed by atoms with Crippen LogP contribution in [0.25, 0.3) is 0 Å². The van der Waals surface area contributed by atoms with Gasteiger partial charge in [0.25, 0.3) is 0 Å². The van der Waals surface area contributed by atoms with Crippen LogP contribution in [0.5, 0.6) is 0 Å². The zero-order valence-corrected chi connectivity index (χ0v) is 18.6. The highest BCUT2D eigenvalue weighted by molar-refractivity contribution is 5.80. The van der Waals surface area contributed by atoms with E-state index < -0.39 is 42.7 Å². The summed E-state index contributed by atoms with van der Waals surface area (Å²) in [6.07, 6.45) is -0.413. The van der Waals surface area contributed by atoms with E-state index in [1.807, 2.05) is 0 Å². The number of aliphatic hydroxyl groups excluding tert-OH is 3. The van der Waals surface area contributed by atoms with Crippen LogP contribution in [0.3, 0.4) is 0 Å². The molecule has 1 saturated heterocycles. The molecule has 1 amide bonds. The zero-order valence-electron chi connectivity index (χ0n) is 18.6. The van der Waals surface area contributed by atoms with E-state index >= 15 is 0 Å². The van der Waals surface area contributed by atoms with E-state index in [0.717, 1.165) is 19.4 Å². The van der Waals surface area contributed by atoms with Crippen molar-refractivity contribution >= 4 is 5.91 Å². The van der Waals surface area contributed by atoms with Gasteiger partial charge >= 0.3 is 0 Å². The summed E-state index contributed by atoms with van der Waals surface area (Å²) in [6, 6.07) is -0.575. The first-order valence-corrected chi connectivity index (χ1v) is 11.8. The molecule has 32 heavy (non-hydrogen) atoms. The zero-order chi connectivity index (χ0) is 23.3. The van der Waals surface area contributed by atoms with Crippen LogP contribution in [0.2, 0.25) is 0 Å². The molecule has 1 aliphatic heterocycles. The quantitative estimate of drug-likeness (QED) is 0.169. The van der Waals surface area contributed by atoms with Gasteiger partial charge in [0.15, 0.2) is 6.29 Å². The smallest absolute Gasteiger partial charge is 0.249 e. The lowest BCUT2D eigenvalue weighted by Gasteiger charge is -2.42. The largest absolute Gasteiger partial charge is 0.393 e. The Bertz CT molecular complexity index is 583. The van der Waals surface area contributed by atoms with Gasteiger partial charge in [-0.3, -0.25) is 4.79 Å². The number of hydrogen-bond donors (Lipinski definition) is 8. The molecule has 0 spiro atoms. The average Bonchev–Trinajstić information content (AvgIpc) is 2.69. The van der Waals surface area contributed by atoms with Gasteiger partial charge < -0.3 is 52.6 Å². The normalized spacial score (nSPS) is 41.0. The molecule has 2 saturated carbocycles. The minimum Gasteiger partial charge on any atom is -0.393 e. The Labute approximate surface area is 189 Å². The fourth-order valence-electron chi connectivity index (χ4n) is 4.91. The van der Waals surface area contributed by atoms with E-state index in [-0.39, 0.29) is 31.5 Å². The second-order valence-electron chi connectivity index (χ2n) is 9.67. The first-order chi connectivity index (χ1) is 15.2. The summed E-state index contributed by atoms with van der Waals surface area (Å²) < 4.78 is 12.0. The number of rotatable bonds is 10. The summed E-state index contributed by atoms with van der Waals surface area (Å²) >= 11 is 0. The second-order valence-corrected chi connectivity index (χ2v) is 9.67. The van der Waals surface area contributed by atoms with E-state index in [4.69, 9.17) is 26.7 Å². The highest BCUT2D eigenvalue weighted by atomic mass is 16.7. The Hall–Kier alpha value is -0.890. The van der Waals surface area contributed by atoms with E-state index in [9.17, 15) is 20.1 Å². The predicted octanol–water partition coefficient (Wildman–Crippen LogP) is -2.76. The van der Waals surface area contributed by atoms with Crippen molar-refractivity contribution in [3.63, 3.8) is 0 Å². The molecule has 2 aliphatic carbocycles. The number of amides is 1. The third kappa shape index (κ3) is 7.31. The highest BCUT2D eigenvalue weighted by Crippen LogP contribution is 2.28. The average molecular weight is 460 g/mol. The molecule has 186 valence electrons. The van der Waals surface area contributed by atoms with Crippen molar-refractivity contribution in [3.8, 4) is 0 Å². The minimum absolute atomic E-state index is 0.171. The van der Waals surface area contributed by atoms with Crippen molar-refractivity contribution in [1.82, 2.24) is 10.6 Å². The molecule has 0 bridgehead atoms. The predicted molar refractivity (Wildman–Crippen MR) is 117 cm³/mol. The van der Waals surface area contributed by atoms with Gasteiger partial charge in [0.2, 0.25) is 5.91 Å². The lowest BCUT2D eigenvalue weighted by atomic mass is 9.81. The maximum absolute atomic E-state index is 12.0. The van der Waals surface area contributed by atoms with Crippen LogP contribution in [-0.4, -0.2) is 95.8 Å². The number of carbonyl (C=O) groups is 1. The molecule has 6 unspecified atom stereocenters. The fraction of sp³-hybridized carbons (Fsp3) is 0.952. The van der Waals surface area contributed by atoms with Gasteiger partial charge in [-0.2, -0.15) is 0 Å². The third-order valence-corrected chi connectivity index (χ3v) is 6.70. The van der Waals surface area contributed by atoms with Gasteiger partial charge in [0, 0.05) is 37.5 Å². The van der Waals surface area contributed by atoms with Crippen molar-refractivity contribution < 1.29 is 29.6 Å². The molecule has 11 N–H and O–H groups in total. The Morgan fingerprint density at radius 3 is 2.50 bits per heavy atom. The second kappa shape index (κ2) is 12.0. The molecule has 3 rings (SSSR count). The van der Waals surface area contributed by atoms with Crippen molar-refractivity contribution in [2.24, 2.45) is 23.1 Å². The van der Waals surface area contributed by atoms with Crippen molar-refractivity contribution in [3.05, 3.63) is 0 Å². The monoisotopic (exact) mass is 459 g/mol. The van der Waals surface area contributed by atoms with Gasteiger partial charge in [0.05, 0.1) is 18.3 Å². The van der Waals surface area contributed by atoms with Crippen LogP contribution in [0, 0.1) is 5.92 Å². The van der Waals surface area contributed by atoms with Crippen molar-refractivity contribution in [2.45, 2.75) is 99.9 Å². The van der Waals surface area contributed by atoms with Gasteiger partial charge in [-0.25, -0.2) is 0 Å². The van der Waals surface area contributed by atoms with E-state index in [1.54, 1.807) is 0 Å². The number of aliphatic hydroxyl groups is 3. The van der Waals surface area contributed by atoms with Gasteiger partial charge in [-0.1, -0.05) is 0 Å². The molecule has 3 fully saturated rings. The summed E-state index contributed by atoms with van der Waals surface area (Å²) in [5, 5.41) is 36.7. The molecular formula is C21H41N5O6. The van der Waals surface area contributed by atoms with Gasteiger partial charge in [0.1, 0.15) is 12.2 Å². The van der Waals surface area contributed by atoms with Crippen LogP contribution in [0.1, 0.15) is 44.9 Å². The van der Waals surface area contributed by atoms with E-state index in [0.29, 0.717) is 37.8 Å². The number of nitrogens with two attached hydrogens (primary N) is 3. The van der Waals surface area contributed by atoms with Gasteiger partial charge in [-0.05, 0) is 51.1 Å². The molecule has 3 aliphatic rings. The fourth-order valence-corrected chi connectivity index (χ4v) is 4.91. The van der Waals surface area contributed by atoms with Crippen LogP contribution in [0.4, 0.5) is 0 Å². The Morgan fingerprint density at radius 2 is 1.84 bits per heavy atom. The Morgan fingerprint density at radius 1 is 1.09 bits per heavy atom. The van der Waals surface area contributed by atoms with Crippen molar-refractivity contribution in [1.29, 1.82) is 0 Å². The molecule has 0 aromatic carbocycles. The molecule has 0 radical (unpaired) electrons. The maximum atomic E-state index is 12.0. The molecule has 8 atom stereocenters. The standard InChI is InChI=1S/C21H41N5O6/c22-2-1-17(28)21(30)26-13-5-16(24)20(18(29)6-13)32-19-8-14(27)7-15(31-19)10-25-9-11-3-12(23)4-11/h11-20,25,27-29H,1-10,22-24H2,(H,26,30)/t11?,12?,13?,14?,15?,16?,17?,18?,19-,20-/m1/s1. The summed E-state index contributed by atoms with van der Waals surface area (Å²) in [7, 11) is 0. The minimum atomic E-state index is -1.17. The summed E-state index contributed by atoms with van der Waals surface area (Å²) in [5.41, 5.74) is 17.4. The van der Waals surface area contributed by atoms with Crippen LogP contribution in [0.15, 0.2) is 0 Å².